The number of aryl methyl sites for hydroxylation is 1. The zero-order chi connectivity index (χ0) is 15.5. The number of carbonyl (C=O) groups excluding carboxylic acids is 1. The van der Waals surface area contributed by atoms with Gasteiger partial charge in [-0.05, 0) is 36.7 Å². The Morgan fingerprint density at radius 3 is 2.45 bits per heavy atom. The number of nitrogens with one attached hydrogen (secondary N) is 1. The molecule has 4 atom stereocenters. The highest BCUT2D eigenvalue weighted by atomic mass is 16.4. The van der Waals surface area contributed by atoms with Gasteiger partial charge in [0, 0.05) is 6.54 Å². The molecule has 116 valence electrons. The molecule has 0 spiro atoms. The first-order chi connectivity index (χ1) is 10.7. The smallest absolute Gasteiger partial charge is 0.307 e. The second kappa shape index (κ2) is 6.34. The molecule has 4 heteroatoms. The molecule has 1 amide bonds. The van der Waals surface area contributed by atoms with Gasteiger partial charge in [0.15, 0.2) is 0 Å². The van der Waals surface area contributed by atoms with Gasteiger partial charge in [-0.15, -0.1) is 0 Å². The zero-order valence-corrected chi connectivity index (χ0v) is 12.4. The zero-order valence-electron chi connectivity index (χ0n) is 12.4. The second-order valence-electron chi connectivity index (χ2n) is 6.22. The van der Waals surface area contributed by atoms with Crippen molar-refractivity contribution >= 4 is 11.9 Å². The number of hydrogen-bond donors (Lipinski definition) is 2. The Kier molecular flexibility index (Phi) is 4.27. The quantitative estimate of drug-likeness (QED) is 0.625. The largest absolute Gasteiger partial charge is 0.481 e. The number of benzene rings is 1. The Bertz CT molecular complexity index is 581. The van der Waals surface area contributed by atoms with Crippen LogP contribution in [0.4, 0.5) is 0 Å². The maximum Gasteiger partial charge on any atom is 0.307 e. The number of carbonyl (C=O) groups is 2. The molecule has 1 saturated carbocycles. The third kappa shape index (κ3) is 2.91. The minimum Gasteiger partial charge on any atom is -0.481 e. The van der Waals surface area contributed by atoms with Crippen molar-refractivity contribution in [2.45, 2.75) is 19.3 Å². The average Bonchev–Trinajstić information content (AvgIpc) is 3.13. The van der Waals surface area contributed by atoms with Crippen molar-refractivity contribution in [1.29, 1.82) is 0 Å². The summed E-state index contributed by atoms with van der Waals surface area (Å²) in [6.45, 7) is 0.595. The Morgan fingerprint density at radius 1 is 1.09 bits per heavy atom. The van der Waals surface area contributed by atoms with Gasteiger partial charge in [-0.3, -0.25) is 9.59 Å². The van der Waals surface area contributed by atoms with E-state index in [0.717, 1.165) is 19.3 Å². The van der Waals surface area contributed by atoms with E-state index in [4.69, 9.17) is 0 Å². The molecule has 2 N–H and O–H groups in total. The molecule has 1 aromatic carbocycles. The number of rotatable bonds is 6. The average molecular weight is 299 g/mol. The molecule has 0 saturated heterocycles. The predicted octanol–water partition coefficient (Wildman–Crippen LogP) is 2.26. The minimum absolute atomic E-state index is 0.0302. The van der Waals surface area contributed by atoms with Gasteiger partial charge in [0.1, 0.15) is 0 Å². The molecule has 4 nitrogen and oxygen atoms in total. The van der Waals surface area contributed by atoms with Crippen molar-refractivity contribution in [1.82, 2.24) is 5.32 Å². The lowest BCUT2D eigenvalue weighted by Crippen LogP contribution is -2.40. The van der Waals surface area contributed by atoms with E-state index in [0.29, 0.717) is 6.54 Å². The number of fused-ring (bicyclic) bond motifs is 2. The molecule has 3 rings (SSSR count). The topological polar surface area (TPSA) is 66.4 Å². The van der Waals surface area contributed by atoms with Crippen molar-refractivity contribution in [3.8, 4) is 0 Å². The first-order valence-electron chi connectivity index (χ1n) is 7.89. The summed E-state index contributed by atoms with van der Waals surface area (Å²) in [5.41, 5.74) is 1.25. The summed E-state index contributed by atoms with van der Waals surface area (Å²) in [5, 5.41) is 12.3. The standard InChI is InChI=1S/C18H21NO3/c20-17(19-10-4-7-12-5-2-1-3-6-12)15-13-8-9-14(11-13)16(15)18(21)22/h1-3,5-6,8-9,13-16H,4,7,10-11H2,(H,19,20)(H,21,22)/t13-,14+,15-,16+/m0/s1. The van der Waals surface area contributed by atoms with Crippen molar-refractivity contribution in [3.63, 3.8) is 0 Å². The molecular weight excluding hydrogens is 278 g/mol. The molecule has 0 unspecified atom stereocenters. The van der Waals surface area contributed by atoms with Gasteiger partial charge in [0.25, 0.3) is 0 Å². The Balaban J connectivity index is 1.50. The molecule has 0 heterocycles. The van der Waals surface area contributed by atoms with E-state index in [1.54, 1.807) is 0 Å². The Hall–Kier alpha value is -2.10. The number of carboxylic acids is 1. The Morgan fingerprint density at radius 2 is 1.77 bits per heavy atom. The van der Waals surface area contributed by atoms with Gasteiger partial charge < -0.3 is 10.4 Å². The van der Waals surface area contributed by atoms with Crippen LogP contribution in [-0.4, -0.2) is 23.5 Å². The van der Waals surface area contributed by atoms with Gasteiger partial charge in [-0.2, -0.15) is 0 Å². The second-order valence-corrected chi connectivity index (χ2v) is 6.22. The lowest BCUT2D eigenvalue weighted by Gasteiger charge is -2.23. The molecule has 2 aliphatic carbocycles. The number of carboxylic acid groups (broad SMARTS) is 1. The fraction of sp³-hybridized carbons (Fsp3) is 0.444. The van der Waals surface area contributed by atoms with Gasteiger partial charge in [-0.1, -0.05) is 42.5 Å². The van der Waals surface area contributed by atoms with Crippen LogP contribution in [0.25, 0.3) is 0 Å². The van der Waals surface area contributed by atoms with Crippen molar-refractivity contribution in [2.24, 2.45) is 23.7 Å². The highest BCUT2D eigenvalue weighted by Crippen LogP contribution is 2.48. The number of allylic oxidation sites excluding steroid dienone is 2. The fourth-order valence-corrected chi connectivity index (χ4v) is 3.78. The summed E-state index contributed by atoms with van der Waals surface area (Å²) < 4.78 is 0. The first-order valence-corrected chi connectivity index (χ1v) is 7.89. The van der Waals surface area contributed by atoms with E-state index >= 15 is 0 Å². The van der Waals surface area contributed by atoms with E-state index in [9.17, 15) is 14.7 Å². The number of hydrogen-bond acceptors (Lipinski definition) is 2. The normalized spacial score (nSPS) is 28.7. The number of aliphatic carboxylic acids is 1. The van der Waals surface area contributed by atoms with Crippen LogP contribution in [0.1, 0.15) is 18.4 Å². The summed E-state index contributed by atoms with van der Waals surface area (Å²) in [4.78, 5) is 23.8. The first kappa shape index (κ1) is 14.8. The minimum atomic E-state index is -0.846. The van der Waals surface area contributed by atoms with Gasteiger partial charge >= 0.3 is 5.97 Å². The van der Waals surface area contributed by atoms with Crippen LogP contribution in [-0.2, 0) is 16.0 Å². The lowest BCUT2D eigenvalue weighted by molar-refractivity contribution is -0.147. The van der Waals surface area contributed by atoms with Crippen molar-refractivity contribution in [2.75, 3.05) is 6.54 Å². The van der Waals surface area contributed by atoms with Crippen LogP contribution in [0.3, 0.4) is 0 Å². The van der Waals surface area contributed by atoms with Gasteiger partial charge in [-0.25, -0.2) is 0 Å². The van der Waals surface area contributed by atoms with Gasteiger partial charge in [0.2, 0.25) is 5.91 Å². The van der Waals surface area contributed by atoms with Crippen molar-refractivity contribution < 1.29 is 14.7 Å². The number of amides is 1. The molecule has 2 aliphatic rings. The summed E-state index contributed by atoms with van der Waals surface area (Å²) in [6, 6.07) is 10.1. The van der Waals surface area contributed by atoms with Crippen LogP contribution in [0.5, 0.6) is 0 Å². The molecule has 0 aliphatic heterocycles. The molecular formula is C18H21NO3. The SMILES string of the molecule is O=C(NCCCc1ccccc1)[C@@H]1[C@H](C(=O)O)[C@@H]2C=C[C@H]1C2. The Labute approximate surface area is 130 Å². The summed E-state index contributed by atoms with van der Waals surface area (Å²) in [6.07, 6.45) is 6.56. The fourth-order valence-electron chi connectivity index (χ4n) is 3.78. The summed E-state index contributed by atoms with van der Waals surface area (Å²) >= 11 is 0. The highest BCUT2D eigenvalue weighted by molar-refractivity contribution is 5.86. The third-order valence-electron chi connectivity index (χ3n) is 4.83. The van der Waals surface area contributed by atoms with Gasteiger partial charge in [0.05, 0.1) is 11.8 Å². The van der Waals surface area contributed by atoms with Crippen LogP contribution in [0, 0.1) is 23.7 Å². The maximum atomic E-state index is 12.4. The van der Waals surface area contributed by atoms with E-state index in [-0.39, 0.29) is 17.7 Å². The summed E-state index contributed by atoms with van der Waals surface area (Å²) in [5.74, 6) is -1.77. The molecule has 0 radical (unpaired) electrons. The van der Waals surface area contributed by atoms with Crippen LogP contribution >= 0.6 is 0 Å². The van der Waals surface area contributed by atoms with Crippen molar-refractivity contribution in [3.05, 3.63) is 48.0 Å². The molecule has 1 fully saturated rings. The molecule has 0 aromatic heterocycles. The van der Waals surface area contributed by atoms with Crippen LogP contribution < -0.4 is 5.32 Å². The maximum absolute atomic E-state index is 12.4. The van der Waals surface area contributed by atoms with E-state index in [2.05, 4.69) is 17.4 Å². The molecule has 1 aromatic rings. The predicted molar refractivity (Wildman–Crippen MR) is 83.1 cm³/mol. The van der Waals surface area contributed by atoms with E-state index in [1.165, 1.54) is 5.56 Å². The molecule has 2 bridgehead atoms. The van der Waals surface area contributed by atoms with Crippen LogP contribution in [0.2, 0.25) is 0 Å². The third-order valence-corrected chi connectivity index (χ3v) is 4.83. The highest BCUT2D eigenvalue weighted by Gasteiger charge is 2.51. The lowest BCUT2D eigenvalue weighted by atomic mass is 9.82. The van der Waals surface area contributed by atoms with Crippen LogP contribution in [0.15, 0.2) is 42.5 Å². The summed E-state index contributed by atoms with van der Waals surface area (Å²) in [7, 11) is 0. The molecule has 22 heavy (non-hydrogen) atoms. The monoisotopic (exact) mass is 299 g/mol. The van der Waals surface area contributed by atoms with E-state index in [1.807, 2.05) is 30.4 Å². The van der Waals surface area contributed by atoms with E-state index < -0.39 is 17.8 Å².